The van der Waals surface area contributed by atoms with Crippen LogP contribution < -0.4 is 10.2 Å². The van der Waals surface area contributed by atoms with Gasteiger partial charge in [0.1, 0.15) is 12.4 Å². The number of carbonyl (C=O) groups excluding carboxylic acids is 1. The molecule has 106 valence electrons. The fourth-order valence-electron chi connectivity index (χ4n) is 2.40. The van der Waals surface area contributed by atoms with Crippen molar-refractivity contribution in [3.05, 3.63) is 23.8 Å². The predicted molar refractivity (Wildman–Crippen MR) is 76.4 cm³/mol. The number of rotatable bonds is 1. The maximum Gasteiger partial charge on any atom is 0.494 e. The van der Waals surface area contributed by atoms with Gasteiger partial charge < -0.3 is 14.0 Å². The number of hydrogen-bond acceptors (Lipinski definition) is 4. The summed E-state index contributed by atoms with van der Waals surface area (Å²) in [6.45, 7) is 8.27. The monoisotopic (exact) mass is 274 g/mol. The highest BCUT2D eigenvalue weighted by Crippen LogP contribution is 2.36. The second-order valence-electron chi connectivity index (χ2n) is 6.46. The molecule has 0 aliphatic carbocycles. The molecule has 0 atom stereocenters. The number of carbonyl (C=O) groups is 1. The average Bonchev–Trinajstić information content (AvgIpc) is 2.58. The molecule has 2 heterocycles. The zero-order valence-corrected chi connectivity index (χ0v) is 12.4. The molecule has 5 heteroatoms. The van der Waals surface area contributed by atoms with E-state index < -0.39 is 7.12 Å². The summed E-state index contributed by atoms with van der Waals surface area (Å²) in [6.07, 6.45) is 0.443. The summed E-state index contributed by atoms with van der Waals surface area (Å²) in [7, 11) is -0.397. The van der Waals surface area contributed by atoms with E-state index >= 15 is 0 Å². The molecule has 20 heavy (non-hydrogen) atoms. The molecule has 1 aromatic rings. The Kier molecular flexibility index (Phi) is 2.96. The van der Waals surface area contributed by atoms with E-state index in [9.17, 15) is 4.79 Å². The molecule has 0 spiro atoms. The standard InChI is InChI=1S/C15H19BO4/c1-14(2)15(3,4)20-16(19-14)11-6-5-10-7-12(17)9-18-13(10)8-11/h5-6,8H,7,9H2,1-4H3. The Morgan fingerprint density at radius 3 is 2.40 bits per heavy atom. The van der Waals surface area contributed by atoms with Gasteiger partial charge in [0.15, 0.2) is 5.78 Å². The maximum atomic E-state index is 11.4. The van der Waals surface area contributed by atoms with Crippen LogP contribution in [-0.4, -0.2) is 30.7 Å². The first kappa shape index (κ1) is 13.6. The number of ketones is 1. The molecular weight excluding hydrogens is 255 g/mol. The van der Waals surface area contributed by atoms with Crippen LogP contribution in [0, 0.1) is 0 Å². The first-order valence-electron chi connectivity index (χ1n) is 6.91. The van der Waals surface area contributed by atoms with Crippen LogP contribution in [0.1, 0.15) is 33.3 Å². The number of ether oxygens (including phenoxy) is 1. The van der Waals surface area contributed by atoms with Crippen molar-refractivity contribution in [1.29, 1.82) is 0 Å². The summed E-state index contributed by atoms with van der Waals surface area (Å²) in [6, 6.07) is 5.79. The molecule has 3 rings (SSSR count). The Hall–Kier alpha value is -1.33. The Morgan fingerprint density at radius 2 is 1.75 bits per heavy atom. The van der Waals surface area contributed by atoms with Crippen LogP contribution in [0.4, 0.5) is 0 Å². The van der Waals surface area contributed by atoms with E-state index in [1.807, 2.05) is 45.9 Å². The Balaban J connectivity index is 1.88. The third-order valence-corrected chi connectivity index (χ3v) is 4.39. The van der Waals surface area contributed by atoms with E-state index in [0.29, 0.717) is 6.42 Å². The average molecular weight is 274 g/mol. The van der Waals surface area contributed by atoms with Crippen LogP contribution in [0.5, 0.6) is 5.75 Å². The third-order valence-electron chi connectivity index (χ3n) is 4.39. The quantitative estimate of drug-likeness (QED) is 0.728. The Morgan fingerprint density at radius 1 is 1.10 bits per heavy atom. The first-order valence-corrected chi connectivity index (χ1v) is 6.91. The molecule has 1 aromatic carbocycles. The fraction of sp³-hybridized carbons (Fsp3) is 0.533. The zero-order valence-electron chi connectivity index (χ0n) is 12.4. The van der Waals surface area contributed by atoms with Crippen LogP contribution in [-0.2, 0) is 20.5 Å². The SMILES string of the molecule is CC1(C)OB(c2ccc3c(c2)OCC(=O)C3)OC1(C)C. The predicted octanol–water partition coefficient (Wildman–Crippen LogP) is 1.49. The minimum atomic E-state index is -0.397. The lowest BCUT2D eigenvalue weighted by atomic mass is 9.78. The highest BCUT2D eigenvalue weighted by Gasteiger charge is 2.51. The van der Waals surface area contributed by atoms with Gasteiger partial charge in [-0.2, -0.15) is 0 Å². The van der Waals surface area contributed by atoms with Crippen molar-refractivity contribution in [3.63, 3.8) is 0 Å². The lowest BCUT2D eigenvalue weighted by Gasteiger charge is -2.32. The van der Waals surface area contributed by atoms with Gasteiger partial charge in [-0.1, -0.05) is 12.1 Å². The molecule has 0 bridgehead atoms. The summed E-state index contributed by atoms with van der Waals surface area (Å²) >= 11 is 0. The molecule has 4 nitrogen and oxygen atoms in total. The molecule has 1 saturated heterocycles. The van der Waals surface area contributed by atoms with Crippen molar-refractivity contribution in [1.82, 2.24) is 0 Å². The van der Waals surface area contributed by atoms with Crippen LogP contribution in [0.15, 0.2) is 18.2 Å². The van der Waals surface area contributed by atoms with Crippen LogP contribution >= 0.6 is 0 Å². The number of benzene rings is 1. The highest BCUT2D eigenvalue weighted by atomic mass is 16.7. The summed E-state index contributed by atoms with van der Waals surface area (Å²) in [5, 5.41) is 0. The molecule has 0 radical (unpaired) electrons. The van der Waals surface area contributed by atoms with Crippen molar-refractivity contribution < 1.29 is 18.8 Å². The molecule has 0 unspecified atom stereocenters. The summed E-state index contributed by atoms with van der Waals surface area (Å²) in [4.78, 5) is 11.4. The molecule has 0 saturated carbocycles. The van der Waals surface area contributed by atoms with E-state index in [0.717, 1.165) is 16.8 Å². The van der Waals surface area contributed by atoms with Gasteiger partial charge in [0.2, 0.25) is 0 Å². The van der Waals surface area contributed by atoms with Crippen molar-refractivity contribution in [2.75, 3.05) is 6.61 Å². The van der Waals surface area contributed by atoms with Gasteiger partial charge in [-0.25, -0.2) is 0 Å². The molecule has 0 N–H and O–H groups in total. The number of fused-ring (bicyclic) bond motifs is 1. The molecule has 0 aromatic heterocycles. The molecule has 2 aliphatic rings. The Bertz CT molecular complexity index is 549. The van der Waals surface area contributed by atoms with Gasteiger partial charge >= 0.3 is 7.12 Å². The van der Waals surface area contributed by atoms with Crippen LogP contribution in [0.2, 0.25) is 0 Å². The van der Waals surface area contributed by atoms with Crippen molar-refractivity contribution >= 4 is 18.4 Å². The molecule has 0 amide bonds. The largest absolute Gasteiger partial charge is 0.494 e. The minimum absolute atomic E-state index is 0.112. The zero-order chi connectivity index (χ0) is 14.5. The number of hydrogen-bond donors (Lipinski definition) is 0. The highest BCUT2D eigenvalue weighted by molar-refractivity contribution is 6.62. The van der Waals surface area contributed by atoms with Crippen molar-refractivity contribution in [2.45, 2.75) is 45.3 Å². The van der Waals surface area contributed by atoms with E-state index in [1.165, 1.54) is 0 Å². The van der Waals surface area contributed by atoms with Crippen molar-refractivity contribution in [2.24, 2.45) is 0 Å². The molecular formula is C15H19BO4. The smallest absolute Gasteiger partial charge is 0.486 e. The van der Waals surface area contributed by atoms with Gasteiger partial charge in [0.25, 0.3) is 0 Å². The van der Waals surface area contributed by atoms with Gasteiger partial charge in [0, 0.05) is 12.0 Å². The van der Waals surface area contributed by atoms with Gasteiger partial charge in [-0.15, -0.1) is 0 Å². The van der Waals surface area contributed by atoms with Crippen LogP contribution in [0.25, 0.3) is 0 Å². The fourth-order valence-corrected chi connectivity index (χ4v) is 2.40. The number of Topliss-reactive ketones (excluding diaryl/α,β-unsaturated/α-hetero) is 1. The van der Waals surface area contributed by atoms with Gasteiger partial charge in [-0.05, 0) is 39.2 Å². The second kappa shape index (κ2) is 4.33. The third kappa shape index (κ3) is 2.15. The summed E-state index contributed by atoms with van der Waals surface area (Å²) in [5.74, 6) is 0.873. The molecule has 2 aliphatic heterocycles. The van der Waals surface area contributed by atoms with Gasteiger partial charge in [-0.3, -0.25) is 4.79 Å². The van der Waals surface area contributed by atoms with E-state index in [1.54, 1.807) is 0 Å². The van der Waals surface area contributed by atoms with E-state index in [4.69, 9.17) is 14.0 Å². The molecule has 1 fully saturated rings. The minimum Gasteiger partial charge on any atom is -0.486 e. The lowest BCUT2D eigenvalue weighted by molar-refractivity contribution is -0.121. The lowest BCUT2D eigenvalue weighted by Crippen LogP contribution is -2.41. The second-order valence-corrected chi connectivity index (χ2v) is 6.46. The normalized spacial score (nSPS) is 23.4. The van der Waals surface area contributed by atoms with Crippen molar-refractivity contribution in [3.8, 4) is 5.75 Å². The van der Waals surface area contributed by atoms with Gasteiger partial charge in [0.05, 0.1) is 11.2 Å². The first-order chi connectivity index (χ1) is 9.28. The topological polar surface area (TPSA) is 44.8 Å². The van der Waals surface area contributed by atoms with E-state index in [2.05, 4.69) is 0 Å². The Labute approximate surface area is 119 Å². The van der Waals surface area contributed by atoms with E-state index in [-0.39, 0.29) is 23.6 Å². The summed E-state index contributed by atoms with van der Waals surface area (Å²) in [5.41, 5.74) is 1.15. The summed E-state index contributed by atoms with van der Waals surface area (Å²) < 4.78 is 17.5. The van der Waals surface area contributed by atoms with Crippen LogP contribution in [0.3, 0.4) is 0 Å². The maximum absolute atomic E-state index is 11.4.